The third kappa shape index (κ3) is 5.74. The highest BCUT2D eigenvalue weighted by Crippen LogP contribution is 2.29. The molecular formula is C34H29BN5O2. The molecule has 0 atom stereocenters. The van der Waals surface area contributed by atoms with Crippen LogP contribution in [-0.4, -0.2) is 32.9 Å². The molecule has 3 N–H and O–H groups in total. The van der Waals surface area contributed by atoms with Crippen molar-refractivity contribution in [1.29, 1.82) is 0 Å². The molecule has 0 unspecified atom stereocenters. The molecule has 6 aromatic rings. The Morgan fingerprint density at radius 2 is 1.50 bits per heavy atom. The van der Waals surface area contributed by atoms with Crippen LogP contribution in [0.1, 0.15) is 21.5 Å². The Hall–Kier alpha value is -5.37. The molecule has 0 fully saturated rings. The number of para-hydroxylation sites is 1. The number of fused-ring (bicyclic) bond motifs is 1. The molecule has 7 nitrogen and oxygen atoms in total. The lowest BCUT2D eigenvalue weighted by atomic mass is 9.75. The molecule has 0 saturated heterocycles. The second-order valence-electron chi connectivity index (χ2n) is 9.96. The Labute approximate surface area is 245 Å². The lowest BCUT2D eigenvalue weighted by Crippen LogP contribution is -2.22. The average Bonchev–Trinajstić information content (AvgIpc) is 3.47. The largest absolute Gasteiger partial charge is 0.507 e. The van der Waals surface area contributed by atoms with E-state index >= 15 is 0 Å². The Morgan fingerprint density at radius 3 is 2.21 bits per heavy atom. The van der Waals surface area contributed by atoms with Crippen molar-refractivity contribution in [2.45, 2.75) is 19.9 Å². The first-order valence-electron chi connectivity index (χ1n) is 13.8. The molecule has 205 valence electrons. The average molecular weight is 550 g/mol. The summed E-state index contributed by atoms with van der Waals surface area (Å²) in [4.78, 5) is 17.5. The van der Waals surface area contributed by atoms with E-state index in [0.29, 0.717) is 35.6 Å². The van der Waals surface area contributed by atoms with Crippen LogP contribution in [0.25, 0.3) is 28.0 Å². The van der Waals surface area contributed by atoms with E-state index in [4.69, 9.17) is 4.98 Å². The van der Waals surface area contributed by atoms with Crippen LogP contribution in [0.15, 0.2) is 115 Å². The highest BCUT2D eigenvalue weighted by Gasteiger charge is 2.14. The Balaban J connectivity index is 1.11. The van der Waals surface area contributed by atoms with Gasteiger partial charge in [-0.25, -0.2) is 4.98 Å². The molecular weight excluding hydrogens is 521 g/mol. The van der Waals surface area contributed by atoms with E-state index in [-0.39, 0.29) is 11.7 Å². The normalized spacial score (nSPS) is 10.9. The fourth-order valence-electron chi connectivity index (χ4n) is 4.83. The molecule has 2 heterocycles. The number of anilines is 1. The molecule has 6 rings (SSSR count). The van der Waals surface area contributed by atoms with Crippen molar-refractivity contribution in [3.05, 3.63) is 132 Å². The minimum atomic E-state index is -0.106. The van der Waals surface area contributed by atoms with E-state index in [2.05, 4.69) is 27.9 Å². The number of nitrogens with one attached hydrogen (secondary N) is 2. The number of carbonyl (C=O) groups excluding carboxylic acids is 1. The van der Waals surface area contributed by atoms with Crippen LogP contribution < -0.4 is 16.1 Å². The smallest absolute Gasteiger partial charge is 0.251 e. The van der Waals surface area contributed by atoms with Crippen LogP contribution in [0, 0.1) is 0 Å². The number of carbonyl (C=O) groups is 1. The second-order valence-corrected chi connectivity index (χ2v) is 9.96. The van der Waals surface area contributed by atoms with Crippen LogP contribution in [0.5, 0.6) is 5.75 Å². The maximum absolute atomic E-state index is 12.7. The van der Waals surface area contributed by atoms with Gasteiger partial charge in [-0.2, -0.15) is 9.61 Å². The van der Waals surface area contributed by atoms with Crippen molar-refractivity contribution >= 4 is 30.1 Å². The van der Waals surface area contributed by atoms with Gasteiger partial charge in [-0.1, -0.05) is 85.7 Å². The molecule has 1 amide bonds. The number of nitrogens with zero attached hydrogens (tertiary/aromatic N) is 3. The lowest BCUT2D eigenvalue weighted by Gasteiger charge is -2.12. The summed E-state index contributed by atoms with van der Waals surface area (Å²) in [6.45, 7) is 2.94. The standard InChI is InChI=1S/C34H29BN5O2/c1-35-29-22-38-40-32(19-30(39-33(29)40)28-9-5-6-10-31(28)41)36-20-23-11-13-24(14-12-23)21-37-34(42)27-17-15-26(16-18-27)25-7-3-2-4-8-25/h2-19,22,36,41H,20-21H2,1H3,(H,37,42). The van der Waals surface area contributed by atoms with Crippen LogP contribution in [-0.2, 0) is 13.1 Å². The van der Waals surface area contributed by atoms with Crippen LogP contribution in [0.3, 0.4) is 0 Å². The first-order chi connectivity index (χ1) is 20.6. The zero-order valence-electron chi connectivity index (χ0n) is 23.2. The maximum atomic E-state index is 12.7. The predicted molar refractivity (Wildman–Crippen MR) is 168 cm³/mol. The van der Waals surface area contributed by atoms with E-state index < -0.39 is 0 Å². The molecule has 0 aliphatic carbocycles. The van der Waals surface area contributed by atoms with Gasteiger partial charge in [-0.05, 0) is 52.0 Å². The number of rotatable bonds is 9. The number of hydrogen-bond donors (Lipinski definition) is 3. The van der Waals surface area contributed by atoms with E-state index in [0.717, 1.165) is 33.5 Å². The van der Waals surface area contributed by atoms with Gasteiger partial charge in [0.05, 0.1) is 5.69 Å². The van der Waals surface area contributed by atoms with Gasteiger partial charge >= 0.3 is 0 Å². The van der Waals surface area contributed by atoms with Crippen LogP contribution in [0.4, 0.5) is 5.82 Å². The summed E-state index contributed by atoms with van der Waals surface area (Å²) >= 11 is 0. The topological polar surface area (TPSA) is 91.5 Å². The molecule has 8 heteroatoms. The number of aromatic hydroxyl groups is 1. The third-order valence-corrected chi connectivity index (χ3v) is 7.19. The van der Waals surface area contributed by atoms with Crippen molar-refractivity contribution in [2.24, 2.45) is 0 Å². The van der Waals surface area contributed by atoms with Crippen LogP contribution in [0.2, 0.25) is 6.82 Å². The second kappa shape index (κ2) is 12.0. The first kappa shape index (κ1) is 26.8. The SMILES string of the molecule is C[B]c1cnn2c(NCc3ccc(CNC(=O)c4ccc(-c5ccccc5)cc4)cc3)cc(-c3ccccc3O)nc12. The third-order valence-electron chi connectivity index (χ3n) is 7.19. The molecule has 4 aromatic carbocycles. The van der Waals surface area contributed by atoms with Gasteiger partial charge in [0.15, 0.2) is 12.9 Å². The Morgan fingerprint density at radius 1 is 0.833 bits per heavy atom. The number of phenols is 1. The summed E-state index contributed by atoms with van der Waals surface area (Å²) in [5.74, 6) is 0.833. The summed E-state index contributed by atoms with van der Waals surface area (Å²) in [6.07, 6.45) is 1.78. The summed E-state index contributed by atoms with van der Waals surface area (Å²) in [6, 6.07) is 34.9. The van der Waals surface area contributed by atoms with Gasteiger partial charge in [0.2, 0.25) is 0 Å². The molecule has 0 aliphatic rings. The van der Waals surface area contributed by atoms with E-state index in [1.54, 1.807) is 22.8 Å². The first-order valence-corrected chi connectivity index (χ1v) is 13.8. The molecule has 0 saturated carbocycles. The quantitative estimate of drug-likeness (QED) is 0.201. The molecule has 0 aliphatic heterocycles. The number of benzene rings is 4. The summed E-state index contributed by atoms with van der Waals surface area (Å²) in [7, 11) is 1.96. The molecule has 42 heavy (non-hydrogen) atoms. The Kier molecular flexibility index (Phi) is 7.68. The van der Waals surface area contributed by atoms with E-state index in [1.165, 1.54) is 0 Å². The molecule has 0 bridgehead atoms. The van der Waals surface area contributed by atoms with Gasteiger partial charge in [-0.3, -0.25) is 4.79 Å². The molecule has 0 spiro atoms. The van der Waals surface area contributed by atoms with Crippen molar-refractivity contribution in [1.82, 2.24) is 19.9 Å². The fraction of sp³-hybridized carbons (Fsp3) is 0.0882. The number of aromatic nitrogens is 3. The van der Waals surface area contributed by atoms with E-state index in [1.807, 2.05) is 99.0 Å². The minimum absolute atomic E-state index is 0.106. The zero-order valence-corrected chi connectivity index (χ0v) is 23.2. The maximum Gasteiger partial charge on any atom is 0.251 e. The lowest BCUT2D eigenvalue weighted by molar-refractivity contribution is 0.0951. The monoisotopic (exact) mass is 550 g/mol. The Bertz CT molecular complexity index is 1840. The highest BCUT2D eigenvalue weighted by molar-refractivity contribution is 6.54. The van der Waals surface area contributed by atoms with Crippen LogP contribution >= 0.6 is 0 Å². The van der Waals surface area contributed by atoms with Crippen molar-refractivity contribution < 1.29 is 9.90 Å². The van der Waals surface area contributed by atoms with Crippen molar-refractivity contribution in [3.8, 4) is 28.1 Å². The minimum Gasteiger partial charge on any atom is -0.507 e. The highest BCUT2D eigenvalue weighted by atomic mass is 16.3. The number of phenolic OH excluding ortho intramolecular Hbond substituents is 1. The summed E-state index contributed by atoms with van der Waals surface area (Å²) in [5, 5.41) is 21.4. The summed E-state index contributed by atoms with van der Waals surface area (Å²) in [5.41, 5.74) is 7.85. The van der Waals surface area contributed by atoms with Gasteiger partial charge < -0.3 is 15.7 Å². The fourth-order valence-corrected chi connectivity index (χ4v) is 4.83. The summed E-state index contributed by atoms with van der Waals surface area (Å²) < 4.78 is 1.77. The van der Waals surface area contributed by atoms with Gasteiger partial charge in [-0.15, -0.1) is 0 Å². The molecule has 1 radical (unpaired) electrons. The predicted octanol–water partition coefficient (Wildman–Crippen LogP) is 5.69. The van der Waals surface area contributed by atoms with E-state index in [9.17, 15) is 9.90 Å². The number of hydrogen-bond acceptors (Lipinski definition) is 5. The van der Waals surface area contributed by atoms with Gasteiger partial charge in [0.25, 0.3) is 5.91 Å². The van der Waals surface area contributed by atoms with Crippen molar-refractivity contribution in [2.75, 3.05) is 5.32 Å². The number of amides is 1. The van der Waals surface area contributed by atoms with Gasteiger partial charge in [0.1, 0.15) is 11.6 Å². The van der Waals surface area contributed by atoms with Crippen molar-refractivity contribution in [3.63, 3.8) is 0 Å². The van der Waals surface area contributed by atoms with Gasteiger partial charge in [0, 0.05) is 36.5 Å². The molecule has 2 aromatic heterocycles. The zero-order chi connectivity index (χ0) is 28.9.